The Labute approximate surface area is 164 Å². The molecule has 0 radical (unpaired) electrons. The molecule has 0 spiro atoms. The lowest BCUT2D eigenvalue weighted by Crippen LogP contribution is -2.48. The molecule has 3 aromatic rings. The number of piperazine rings is 1. The van der Waals surface area contributed by atoms with Crippen LogP contribution < -0.4 is 4.90 Å². The van der Waals surface area contributed by atoms with Gasteiger partial charge in [0, 0.05) is 37.9 Å². The lowest BCUT2D eigenvalue weighted by Gasteiger charge is -2.35. The summed E-state index contributed by atoms with van der Waals surface area (Å²) in [5.41, 5.74) is 1.01. The first-order valence-electron chi connectivity index (χ1n) is 8.39. The average molecular weight is 429 g/mol. The molecule has 0 unspecified atom stereocenters. The zero-order valence-corrected chi connectivity index (χ0v) is 16.4. The topological polar surface area (TPSA) is 49.3 Å². The predicted octanol–water partition coefficient (Wildman–Crippen LogP) is 3.93. The second-order valence-corrected chi connectivity index (χ2v) is 8.45. The quantitative estimate of drug-likeness (QED) is 0.633. The normalized spacial score (nSPS) is 14.5. The number of carbonyl (C=O) groups is 1. The van der Waals surface area contributed by atoms with Crippen molar-refractivity contribution in [3.63, 3.8) is 0 Å². The highest BCUT2D eigenvalue weighted by Crippen LogP contribution is 2.24. The van der Waals surface area contributed by atoms with Gasteiger partial charge in [0.15, 0.2) is 5.82 Å². The van der Waals surface area contributed by atoms with E-state index in [2.05, 4.69) is 25.8 Å². The first kappa shape index (κ1) is 17.2. The molecule has 26 heavy (non-hydrogen) atoms. The summed E-state index contributed by atoms with van der Waals surface area (Å²) in [6.45, 7) is 2.92. The second-order valence-electron chi connectivity index (χ2n) is 5.99. The second kappa shape index (κ2) is 7.55. The minimum absolute atomic E-state index is 0.105. The SMILES string of the molecule is O=C(c1ccc(Br)s1)N1CCN(c2ccnc(-c3ccccc3)n2)CC1. The number of thiophene rings is 1. The molecule has 0 atom stereocenters. The molecule has 5 nitrogen and oxygen atoms in total. The third kappa shape index (κ3) is 3.64. The van der Waals surface area contributed by atoms with Crippen LogP contribution in [-0.4, -0.2) is 47.0 Å². The summed E-state index contributed by atoms with van der Waals surface area (Å²) < 4.78 is 0.980. The van der Waals surface area contributed by atoms with Crippen LogP contribution in [0, 0.1) is 0 Å². The van der Waals surface area contributed by atoms with E-state index in [9.17, 15) is 4.79 Å². The zero-order valence-electron chi connectivity index (χ0n) is 14.0. The van der Waals surface area contributed by atoms with Crippen LogP contribution in [-0.2, 0) is 0 Å². The summed E-state index contributed by atoms with van der Waals surface area (Å²) in [7, 11) is 0. The number of aromatic nitrogens is 2. The van der Waals surface area contributed by atoms with Crippen molar-refractivity contribution < 1.29 is 4.79 Å². The molecular weight excluding hydrogens is 412 g/mol. The van der Waals surface area contributed by atoms with E-state index in [4.69, 9.17) is 4.98 Å². The molecule has 0 bridgehead atoms. The number of benzene rings is 1. The minimum Gasteiger partial charge on any atom is -0.353 e. The van der Waals surface area contributed by atoms with Crippen LogP contribution in [0.25, 0.3) is 11.4 Å². The van der Waals surface area contributed by atoms with Crippen molar-refractivity contribution in [3.05, 3.63) is 63.4 Å². The number of amides is 1. The summed E-state index contributed by atoms with van der Waals surface area (Å²) in [5, 5.41) is 0. The molecule has 2 aromatic heterocycles. The number of rotatable bonds is 3. The van der Waals surface area contributed by atoms with Crippen molar-refractivity contribution in [1.29, 1.82) is 0 Å². The van der Waals surface area contributed by atoms with Gasteiger partial charge in [-0.05, 0) is 34.1 Å². The predicted molar refractivity (Wildman–Crippen MR) is 108 cm³/mol. The van der Waals surface area contributed by atoms with Crippen molar-refractivity contribution in [2.45, 2.75) is 0 Å². The van der Waals surface area contributed by atoms with Gasteiger partial charge in [-0.2, -0.15) is 0 Å². The van der Waals surface area contributed by atoms with Crippen LogP contribution in [0.4, 0.5) is 5.82 Å². The highest BCUT2D eigenvalue weighted by atomic mass is 79.9. The number of anilines is 1. The number of carbonyl (C=O) groups excluding carboxylic acids is 1. The number of hydrogen-bond donors (Lipinski definition) is 0. The largest absolute Gasteiger partial charge is 0.353 e. The summed E-state index contributed by atoms with van der Waals surface area (Å²) >= 11 is 4.89. The summed E-state index contributed by atoms with van der Waals surface area (Å²) in [6, 6.07) is 15.7. The molecule has 7 heteroatoms. The van der Waals surface area contributed by atoms with Gasteiger partial charge < -0.3 is 9.80 Å². The Balaban J connectivity index is 1.44. The molecule has 0 N–H and O–H groups in total. The standard InChI is InChI=1S/C19H17BrN4OS/c20-16-7-6-15(26-16)19(25)24-12-10-23(11-13-24)17-8-9-21-18(22-17)14-4-2-1-3-5-14/h1-9H,10-13H2. The van der Waals surface area contributed by atoms with E-state index in [-0.39, 0.29) is 5.91 Å². The number of hydrogen-bond acceptors (Lipinski definition) is 5. The van der Waals surface area contributed by atoms with E-state index in [1.807, 2.05) is 53.4 Å². The average Bonchev–Trinajstić information content (AvgIpc) is 3.15. The van der Waals surface area contributed by atoms with Crippen molar-refractivity contribution in [2.24, 2.45) is 0 Å². The third-order valence-electron chi connectivity index (χ3n) is 4.35. The van der Waals surface area contributed by atoms with Gasteiger partial charge >= 0.3 is 0 Å². The van der Waals surface area contributed by atoms with Crippen LogP contribution in [0.3, 0.4) is 0 Å². The van der Waals surface area contributed by atoms with E-state index in [1.54, 1.807) is 6.20 Å². The van der Waals surface area contributed by atoms with Gasteiger partial charge in [-0.25, -0.2) is 9.97 Å². The van der Waals surface area contributed by atoms with E-state index in [0.29, 0.717) is 13.1 Å². The molecule has 1 fully saturated rings. The highest BCUT2D eigenvalue weighted by Gasteiger charge is 2.24. The van der Waals surface area contributed by atoms with Gasteiger partial charge in [-0.1, -0.05) is 30.3 Å². The first-order valence-corrected chi connectivity index (χ1v) is 10.00. The smallest absolute Gasteiger partial charge is 0.264 e. The fraction of sp³-hybridized carbons (Fsp3) is 0.211. The van der Waals surface area contributed by atoms with Crippen molar-refractivity contribution in [1.82, 2.24) is 14.9 Å². The molecule has 1 aliphatic rings. The minimum atomic E-state index is 0.105. The lowest BCUT2D eigenvalue weighted by molar-refractivity contribution is 0.0751. The van der Waals surface area contributed by atoms with Gasteiger partial charge in [0.2, 0.25) is 0 Å². The number of nitrogens with zero attached hydrogens (tertiary/aromatic N) is 4. The van der Waals surface area contributed by atoms with Gasteiger partial charge in [-0.15, -0.1) is 11.3 Å². The highest BCUT2D eigenvalue weighted by molar-refractivity contribution is 9.11. The Morgan fingerprint density at radius 2 is 1.77 bits per heavy atom. The van der Waals surface area contributed by atoms with Gasteiger partial charge in [-0.3, -0.25) is 4.79 Å². The monoisotopic (exact) mass is 428 g/mol. The van der Waals surface area contributed by atoms with Crippen LogP contribution in [0.15, 0.2) is 58.5 Å². The lowest BCUT2D eigenvalue weighted by atomic mass is 10.2. The van der Waals surface area contributed by atoms with E-state index in [0.717, 1.165) is 39.0 Å². The van der Waals surface area contributed by atoms with Crippen molar-refractivity contribution in [3.8, 4) is 11.4 Å². The Morgan fingerprint density at radius 3 is 2.46 bits per heavy atom. The summed E-state index contributed by atoms with van der Waals surface area (Å²) in [4.78, 5) is 26.6. The summed E-state index contributed by atoms with van der Waals surface area (Å²) in [6.07, 6.45) is 1.80. The molecule has 4 rings (SSSR count). The van der Waals surface area contributed by atoms with E-state index in [1.165, 1.54) is 11.3 Å². The molecule has 1 saturated heterocycles. The van der Waals surface area contributed by atoms with Crippen molar-refractivity contribution in [2.75, 3.05) is 31.1 Å². The maximum absolute atomic E-state index is 12.6. The molecule has 1 amide bonds. The maximum atomic E-state index is 12.6. The fourth-order valence-corrected chi connectivity index (χ4v) is 4.33. The van der Waals surface area contributed by atoms with Crippen LogP contribution in [0.2, 0.25) is 0 Å². The van der Waals surface area contributed by atoms with Crippen LogP contribution in [0.5, 0.6) is 0 Å². The molecule has 132 valence electrons. The molecular formula is C19H17BrN4OS. The fourth-order valence-electron chi connectivity index (χ4n) is 2.98. The molecule has 0 saturated carbocycles. The number of halogens is 1. The van der Waals surface area contributed by atoms with Crippen LogP contribution >= 0.6 is 27.3 Å². The Hall–Kier alpha value is -2.25. The van der Waals surface area contributed by atoms with E-state index >= 15 is 0 Å². The summed E-state index contributed by atoms with van der Waals surface area (Å²) in [5.74, 6) is 1.74. The Bertz CT molecular complexity index is 907. The van der Waals surface area contributed by atoms with Crippen LogP contribution in [0.1, 0.15) is 9.67 Å². The van der Waals surface area contributed by atoms with Crippen molar-refractivity contribution >= 4 is 39.0 Å². The maximum Gasteiger partial charge on any atom is 0.264 e. The Morgan fingerprint density at radius 1 is 1.00 bits per heavy atom. The molecule has 1 aliphatic heterocycles. The third-order valence-corrected chi connectivity index (χ3v) is 5.96. The Kier molecular flexibility index (Phi) is 4.99. The molecule has 0 aliphatic carbocycles. The van der Waals surface area contributed by atoms with Gasteiger partial charge in [0.1, 0.15) is 5.82 Å². The molecule has 3 heterocycles. The molecule has 1 aromatic carbocycles. The van der Waals surface area contributed by atoms with Gasteiger partial charge in [0.05, 0.1) is 8.66 Å². The first-order chi connectivity index (χ1) is 12.7. The van der Waals surface area contributed by atoms with Gasteiger partial charge in [0.25, 0.3) is 5.91 Å². The zero-order chi connectivity index (χ0) is 17.9. The van der Waals surface area contributed by atoms with E-state index < -0.39 is 0 Å².